The summed E-state index contributed by atoms with van der Waals surface area (Å²) in [5.74, 6) is -1.48. The fourth-order valence-electron chi connectivity index (χ4n) is 2.92. The number of ether oxygens (including phenoxy) is 1. The predicted octanol–water partition coefficient (Wildman–Crippen LogP) is 4.60. The summed E-state index contributed by atoms with van der Waals surface area (Å²) in [5, 5.41) is 7.40. The standard InChI is InChI=1S/C23H22ClN3O4/c1-4-27-13-19(20(26-27)23(30)31-14(2)3)25-22(29)18-8-6-5-7-17(18)21(28)15-9-11-16(24)12-10-15/h5-14H,4H2,1-3H3,(H,25,29). The summed E-state index contributed by atoms with van der Waals surface area (Å²) in [6, 6.07) is 12.9. The molecule has 31 heavy (non-hydrogen) atoms. The highest BCUT2D eigenvalue weighted by Crippen LogP contribution is 2.21. The largest absolute Gasteiger partial charge is 0.458 e. The molecule has 8 heteroatoms. The highest BCUT2D eigenvalue weighted by molar-refractivity contribution is 6.30. The van der Waals surface area contributed by atoms with Crippen LogP contribution in [0, 0.1) is 0 Å². The number of benzene rings is 2. The van der Waals surface area contributed by atoms with Crippen molar-refractivity contribution in [2.45, 2.75) is 33.4 Å². The first-order chi connectivity index (χ1) is 14.8. The van der Waals surface area contributed by atoms with Crippen molar-refractivity contribution >= 4 is 34.9 Å². The molecule has 7 nitrogen and oxygen atoms in total. The van der Waals surface area contributed by atoms with Gasteiger partial charge in [-0.25, -0.2) is 4.79 Å². The Labute approximate surface area is 185 Å². The number of aryl methyl sites for hydroxylation is 1. The summed E-state index contributed by atoms with van der Waals surface area (Å²) in [5.41, 5.74) is 1.03. The number of halogens is 1. The summed E-state index contributed by atoms with van der Waals surface area (Å²) in [6.07, 6.45) is 1.22. The maximum Gasteiger partial charge on any atom is 0.361 e. The number of amides is 1. The Morgan fingerprint density at radius 2 is 1.71 bits per heavy atom. The average Bonchev–Trinajstić information content (AvgIpc) is 3.16. The Balaban J connectivity index is 1.92. The highest BCUT2D eigenvalue weighted by atomic mass is 35.5. The van der Waals surface area contributed by atoms with Gasteiger partial charge in [0.25, 0.3) is 5.91 Å². The smallest absolute Gasteiger partial charge is 0.361 e. The lowest BCUT2D eigenvalue weighted by atomic mass is 9.98. The fraction of sp³-hybridized carbons (Fsp3) is 0.217. The van der Waals surface area contributed by atoms with Crippen molar-refractivity contribution in [3.8, 4) is 0 Å². The number of rotatable bonds is 7. The van der Waals surface area contributed by atoms with E-state index in [1.54, 1.807) is 68.6 Å². The lowest BCUT2D eigenvalue weighted by molar-refractivity contribution is 0.0371. The molecule has 0 bridgehead atoms. The van der Waals surface area contributed by atoms with Crippen LogP contribution in [0.3, 0.4) is 0 Å². The molecule has 2 aromatic carbocycles. The van der Waals surface area contributed by atoms with Crippen molar-refractivity contribution in [3.63, 3.8) is 0 Å². The van der Waals surface area contributed by atoms with Crippen LogP contribution in [-0.4, -0.2) is 33.5 Å². The van der Waals surface area contributed by atoms with Gasteiger partial charge in [-0.2, -0.15) is 5.10 Å². The number of nitrogens with one attached hydrogen (secondary N) is 1. The minimum absolute atomic E-state index is 0.00501. The zero-order valence-electron chi connectivity index (χ0n) is 17.4. The second kappa shape index (κ2) is 9.57. The van der Waals surface area contributed by atoms with Crippen LogP contribution < -0.4 is 5.32 Å². The summed E-state index contributed by atoms with van der Waals surface area (Å²) in [4.78, 5) is 38.4. The number of esters is 1. The van der Waals surface area contributed by atoms with Crippen molar-refractivity contribution in [1.82, 2.24) is 9.78 Å². The van der Waals surface area contributed by atoms with E-state index >= 15 is 0 Å². The topological polar surface area (TPSA) is 90.3 Å². The molecule has 0 spiro atoms. The normalized spacial score (nSPS) is 10.7. The van der Waals surface area contributed by atoms with Gasteiger partial charge in [-0.3, -0.25) is 14.3 Å². The summed E-state index contributed by atoms with van der Waals surface area (Å²) in [6.45, 7) is 5.82. The zero-order chi connectivity index (χ0) is 22.5. The van der Waals surface area contributed by atoms with Gasteiger partial charge in [0.1, 0.15) is 0 Å². The molecule has 160 valence electrons. The molecular weight excluding hydrogens is 418 g/mol. The quantitative estimate of drug-likeness (QED) is 0.429. The molecule has 1 aromatic heterocycles. The number of ketones is 1. The summed E-state index contributed by atoms with van der Waals surface area (Å²) in [7, 11) is 0. The van der Waals surface area contributed by atoms with Crippen LogP contribution in [0.25, 0.3) is 0 Å². The molecule has 1 amide bonds. The van der Waals surface area contributed by atoms with Crippen LogP contribution in [-0.2, 0) is 11.3 Å². The van der Waals surface area contributed by atoms with Crippen LogP contribution in [0.5, 0.6) is 0 Å². The number of hydrogen-bond acceptors (Lipinski definition) is 5. The molecule has 0 aliphatic heterocycles. The van der Waals surface area contributed by atoms with Crippen LogP contribution in [0.15, 0.2) is 54.7 Å². The Morgan fingerprint density at radius 3 is 2.32 bits per heavy atom. The van der Waals surface area contributed by atoms with E-state index in [2.05, 4.69) is 10.4 Å². The van der Waals surface area contributed by atoms with Gasteiger partial charge in [-0.15, -0.1) is 0 Å². The Bertz CT molecular complexity index is 1120. The van der Waals surface area contributed by atoms with E-state index in [-0.39, 0.29) is 34.4 Å². The van der Waals surface area contributed by atoms with Crippen molar-refractivity contribution in [3.05, 3.63) is 82.1 Å². The number of aromatic nitrogens is 2. The van der Waals surface area contributed by atoms with E-state index in [1.807, 2.05) is 6.92 Å². The predicted molar refractivity (Wildman–Crippen MR) is 118 cm³/mol. The van der Waals surface area contributed by atoms with E-state index in [9.17, 15) is 14.4 Å². The minimum atomic E-state index is -0.636. The molecule has 0 aliphatic rings. The van der Waals surface area contributed by atoms with Gasteiger partial charge in [-0.1, -0.05) is 29.8 Å². The maximum atomic E-state index is 13.0. The molecule has 0 unspecified atom stereocenters. The number of carbonyl (C=O) groups excluding carboxylic acids is 3. The minimum Gasteiger partial charge on any atom is -0.458 e. The Kier molecular flexibility index (Phi) is 6.87. The molecule has 0 saturated carbocycles. The monoisotopic (exact) mass is 439 g/mol. The number of anilines is 1. The molecular formula is C23H22ClN3O4. The number of carbonyl (C=O) groups is 3. The van der Waals surface area contributed by atoms with Gasteiger partial charge in [0.05, 0.1) is 17.4 Å². The molecule has 1 heterocycles. The van der Waals surface area contributed by atoms with Crippen LogP contribution >= 0.6 is 11.6 Å². The van der Waals surface area contributed by atoms with Gasteiger partial charge < -0.3 is 10.1 Å². The van der Waals surface area contributed by atoms with E-state index in [0.29, 0.717) is 17.1 Å². The molecule has 0 saturated heterocycles. The lowest BCUT2D eigenvalue weighted by Gasteiger charge is -2.10. The first-order valence-electron chi connectivity index (χ1n) is 9.79. The second-order valence-corrected chi connectivity index (χ2v) is 7.47. The third-order valence-electron chi connectivity index (χ3n) is 4.39. The van der Waals surface area contributed by atoms with Crippen LogP contribution in [0.1, 0.15) is 57.5 Å². The van der Waals surface area contributed by atoms with E-state index < -0.39 is 11.9 Å². The van der Waals surface area contributed by atoms with Crippen molar-refractivity contribution in [1.29, 1.82) is 0 Å². The van der Waals surface area contributed by atoms with Crippen LogP contribution in [0.4, 0.5) is 5.69 Å². The average molecular weight is 440 g/mol. The highest BCUT2D eigenvalue weighted by Gasteiger charge is 2.23. The third-order valence-corrected chi connectivity index (χ3v) is 4.64. The summed E-state index contributed by atoms with van der Waals surface area (Å²) < 4.78 is 6.75. The molecule has 0 aliphatic carbocycles. The van der Waals surface area contributed by atoms with Gasteiger partial charge in [0.2, 0.25) is 0 Å². The van der Waals surface area contributed by atoms with E-state index in [0.717, 1.165) is 0 Å². The first-order valence-corrected chi connectivity index (χ1v) is 10.2. The van der Waals surface area contributed by atoms with Gasteiger partial charge in [0.15, 0.2) is 11.5 Å². The Hall–Kier alpha value is -3.45. The number of hydrogen-bond donors (Lipinski definition) is 1. The molecule has 3 aromatic rings. The molecule has 1 N–H and O–H groups in total. The second-order valence-electron chi connectivity index (χ2n) is 7.04. The zero-order valence-corrected chi connectivity index (χ0v) is 18.1. The third kappa shape index (κ3) is 5.19. The van der Waals surface area contributed by atoms with Gasteiger partial charge >= 0.3 is 5.97 Å². The van der Waals surface area contributed by atoms with Gasteiger partial charge in [0, 0.05) is 28.9 Å². The van der Waals surface area contributed by atoms with Crippen molar-refractivity contribution in [2.24, 2.45) is 0 Å². The van der Waals surface area contributed by atoms with E-state index in [1.165, 1.54) is 4.68 Å². The van der Waals surface area contributed by atoms with E-state index in [4.69, 9.17) is 16.3 Å². The van der Waals surface area contributed by atoms with Crippen LogP contribution in [0.2, 0.25) is 5.02 Å². The lowest BCUT2D eigenvalue weighted by Crippen LogP contribution is -2.19. The fourth-order valence-corrected chi connectivity index (χ4v) is 3.05. The summed E-state index contributed by atoms with van der Waals surface area (Å²) >= 11 is 5.90. The first kappa shape index (κ1) is 22.2. The van der Waals surface area contributed by atoms with Crippen molar-refractivity contribution in [2.75, 3.05) is 5.32 Å². The Morgan fingerprint density at radius 1 is 1.06 bits per heavy atom. The SMILES string of the molecule is CCn1cc(NC(=O)c2ccccc2C(=O)c2ccc(Cl)cc2)c(C(=O)OC(C)C)n1. The molecule has 0 fully saturated rings. The van der Waals surface area contributed by atoms with Crippen molar-refractivity contribution < 1.29 is 19.1 Å². The molecule has 0 radical (unpaired) electrons. The number of nitrogens with zero attached hydrogens (tertiary/aromatic N) is 2. The maximum absolute atomic E-state index is 13.0. The molecule has 3 rings (SSSR count). The van der Waals surface area contributed by atoms with Gasteiger partial charge in [-0.05, 0) is 51.1 Å². The molecule has 0 atom stereocenters.